The summed E-state index contributed by atoms with van der Waals surface area (Å²) in [6.07, 6.45) is 1.93. The van der Waals surface area contributed by atoms with Crippen LogP contribution >= 0.6 is 0 Å². The van der Waals surface area contributed by atoms with Crippen molar-refractivity contribution in [3.63, 3.8) is 0 Å². The number of carbonyl (C=O) groups excluding carboxylic acids is 3. The number of hydrogen-bond acceptors (Lipinski definition) is 4. The maximum Gasteiger partial charge on any atom is 0.243 e. The van der Waals surface area contributed by atoms with Gasteiger partial charge in [0.15, 0.2) is 5.78 Å². The van der Waals surface area contributed by atoms with Crippen molar-refractivity contribution in [1.29, 1.82) is 0 Å². The van der Waals surface area contributed by atoms with Gasteiger partial charge in [0.05, 0.1) is 12.2 Å². The van der Waals surface area contributed by atoms with Crippen LogP contribution in [0.2, 0.25) is 0 Å². The van der Waals surface area contributed by atoms with E-state index in [1.807, 2.05) is 0 Å². The Labute approximate surface area is 152 Å². The summed E-state index contributed by atoms with van der Waals surface area (Å²) in [7, 11) is 0. The van der Waals surface area contributed by atoms with Crippen LogP contribution in [0.25, 0.3) is 0 Å². The molecule has 0 aliphatic heterocycles. The number of nitrogens with one attached hydrogen (secondary N) is 3. The molecule has 2 aromatic rings. The van der Waals surface area contributed by atoms with Gasteiger partial charge in [0.25, 0.3) is 0 Å². The van der Waals surface area contributed by atoms with Gasteiger partial charge in [0, 0.05) is 22.9 Å². The molecule has 0 radical (unpaired) electrons. The molecule has 134 valence electrons. The van der Waals surface area contributed by atoms with Crippen molar-refractivity contribution in [2.75, 3.05) is 22.5 Å². The van der Waals surface area contributed by atoms with Gasteiger partial charge in [-0.15, -0.1) is 0 Å². The largest absolute Gasteiger partial charge is 0.376 e. The Kier molecular flexibility index (Phi) is 5.31. The molecule has 1 aliphatic carbocycles. The predicted molar refractivity (Wildman–Crippen MR) is 101 cm³/mol. The molecule has 0 bridgehead atoms. The van der Waals surface area contributed by atoms with Crippen molar-refractivity contribution >= 4 is 34.7 Å². The average Bonchev–Trinajstić information content (AvgIpc) is 3.46. The molecule has 3 rings (SSSR count). The van der Waals surface area contributed by atoms with E-state index in [2.05, 4.69) is 16.0 Å². The number of anilines is 3. The highest BCUT2D eigenvalue weighted by molar-refractivity contribution is 6.04. The third-order valence-corrected chi connectivity index (χ3v) is 4.13. The summed E-state index contributed by atoms with van der Waals surface area (Å²) in [5.41, 5.74) is 2.50. The fourth-order valence-electron chi connectivity index (χ4n) is 2.54. The molecule has 2 aromatic carbocycles. The third kappa shape index (κ3) is 4.69. The first-order chi connectivity index (χ1) is 12.5. The monoisotopic (exact) mass is 351 g/mol. The van der Waals surface area contributed by atoms with Crippen molar-refractivity contribution in [2.24, 2.45) is 5.92 Å². The van der Waals surface area contributed by atoms with Crippen LogP contribution in [0, 0.1) is 5.92 Å². The first-order valence-corrected chi connectivity index (χ1v) is 8.57. The van der Waals surface area contributed by atoms with Crippen molar-refractivity contribution in [1.82, 2.24) is 0 Å². The lowest BCUT2D eigenvalue weighted by molar-refractivity contribution is -0.117. The highest BCUT2D eigenvalue weighted by Crippen LogP contribution is 2.30. The topological polar surface area (TPSA) is 87.3 Å². The average molecular weight is 351 g/mol. The normalized spacial score (nSPS) is 13.0. The molecule has 3 N–H and O–H groups in total. The summed E-state index contributed by atoms with van der Waals surface area (Å²) in [5, 5.41) is 8.63. The molecule has 0 aromatic heterocycles. The second-order valence-corrected chi connectivity index (χ2v) is 6.34. The molecule has 6 heteroatoms. The van der Waals surface area contributed by atoms with E-state index in [9.17, 15) is 14.4 Å². The second kappa shape index (κ2) is 7.82. The number of hydrogen-bond donors (Lipinski definition) is 3. The number of rotatable bonds is 7. The van der Waals surface area contributed by atoms with Crippen LogP contribution in [-0.4, -0.2) is 24.1 Å². The summed E-state index contributed by atoms with van der Waals surface area (Å²) in [4.78, 5) is 35.4. The van der Waals surface area contributed by atoms with E-state index in [-0.39, 0.29) is 30.1 Å². The van der Waals surface area contributed by atoms with E-state index in [4.69, 9.17) is 0 Å². The fourth-order valence-corrected chi connectivity index (χ4v) is 2.54. The summed E-state index contributed by atoms with van der Waals surface area (Å²) < 4.78 is 0. The van der Waals surface area contributed by atoms with Gasteiger partial charge in [-0.1, -0.05) is 12.1 Å². The number of ketones is 1. The lowest BCUT2D eigenvalue weighted by Crippen LogP contribution is -2.22. The Hall–Kier alpha value is -3.15. The minimum atomic E-state index is -0.246. The van der Waals surface area contributed by atoms with Crippen LogP contribution < -0.4 is 16.0 Å². The highest BCUT2D eigenvalue weighted by Gasteiger charge is 2.29. The van der Waals surface area contributed by atoms with Crippen LogP contribution in [0.1, 0.15) is 30.1 Å². The van der Waals surface area contributed by atoms with Crippen molar-refractivity contribution in [3.8, 4) is 0 Å². The van der Waals surface area contributed by atoms with Crippen LogP contribution in [0.5, 0.6) is 0 Å². The standard InChI is InChI=1S/C20H21N3O3/c1-13(24)17-4-2-3-5-18(17)23-19(25)12-21-15-8-10-16(11-9-15)22-20(26)14-6-7-14/h2-5,8-11,14,21H,6-7,12H2,1H3,(H,22,26)(H,23,25). The Morgan fingerprint density at radius 3 is 2.23 bits per heavy atom. The van der Waals surface area contributed by atoms with Gasteiger partial charge in [-0.2, -0.15) is 0 Å². The molecule has 2 amide bonds. The minimum absolute atomic E-state index is 0.0641. The van der Waals surface area contributed by atoms with Gasteiger partial charge < -0.3 is 16.0 Å². The molecule has 6 nitrogen and oxygen atoms in total. The SMILES string of the molecule is CC(=O)c1ccccc1NC(=O)CNc1ccc(NC(=O)C2CC2)cc1. The van der Waals surface area contributed by atoms with E-state index < -0.39 is 0 Å². The van der Waals surface area contributed by atoms with Gasteiger partial charge >= 0.3 is 0 Å². The molecule has 1 fully saturated rings. The fraction of sp³-hybridized carbons (Fsp3) is 0.250. The minimum Gasteiger partial charge on any atom is -0.376 e. The Balaban J connectivity index is 1.51. The third-order valence-electron chi connectivity index (χ3n) is 4.13. The van der Waals surface area contributed by atoms with E-state index in [1.54, 1.807) is 48.5 Å². The molecule has 1 aliphatic rings. The molecule has 0 spiro atoms. The van der Waals surface area contributed by atoms with E-state index >= 15 is 0 Å². The van der Waals surface area contributed by atoms with Gasteiger partial charge in [0.1, 0.15) is 0 Å². The zero-order chi connectivity index (χ0) is 18.5. The molecular formula is C20H21N3O3. The lowest BCUT2D eigenvalue weighted by Gasteiger charge is -2.11. The quantitative estimate of drug-likeness (QED) is 0.668. The lowest BCUT2D eigenvalue weighted by atomic mass is 10.1. The van der Waals surface area contributed by atoms with Gasteiger partial charge in [-0.05, 0) is 56.2 Å². The van der Waals surface area contributed by atoms with Crippen LogP contribution in [0.15, 0.2) is 48.5 Å². The maximum absolute atomic E-state index is 12.1. The zero-order valence-corrected chi connectivity index (χ0v) is 14.5. The van der Waals surface area contributed by atoms with E-state index in [0.717, 1.165) is 24.2 Å². The summed E-state index contributed by atoms with van der Waals surface area (Å²) in [6.45, 7) is 1.53. The molecule has 26 heavy (non-hydrogen) atoms. The molecular weight excluding hydrogens is 330 g/mol. The molecule has 0 unspecified atom stereocenters. The number of para-hydroxylation sites is 1. The van der Waals surface area contributed by atoms with Gasteiger partial charge in [-0.25, -0.2) is 0 Å². The second-order valence-electron chi connectivity index (χ2n) is 6.34. The Bertz CT molecular complexity index is 826. The molecule has 0 heterocycles. The number of benzene rings is 2. The van der Waals surface area contributed by atoms with E-state index in [0.29, 0.717) is 11.3 Å². The first-order valence-electron chi connectivity index (χ1n) is 8.57. The van der Waals surface area contributed by atoms with Crippen LogP contribution in [0.4, 0.5) is 17.1 Å². The number of Topliss-reactive ketones (excluding diaryl/α,β-unsaturated/α-hetero) is 1. The van der Waals surface area contributed by atoms with Gasteiger partial charge in [0.2, 0.25) is 11.8 Å². The number of carbonyl (C=O) groups is 3. The zero-order valence-electron chi connectivity index (χ0n) is 14.5. The first kappa shape index (κ1) is 17.7. The smallest absolute Gasteiger partial charge is 0.243 e. The summed E-state index contributed by atoms with van der Waals surface area (Å²) in [5.74, 6) is -0.119. The number of amides is 2. The van der Waals surface area contributed by atoms with Crippen LogP contribution in [-0.2, 0) is 9.59 Å². The molecule has 1 saturated carbocycles. The predicted octanol–water partition coefficient (Wildman–Crippen LogP) is 3.29. The maximum atomic E-state index is 12.1. The molecule has 0 saturated heterocycles. The van der Waals surface area contributed by atoms with Crippen molar-refractivity contribution < 1.29 is 14.4 Å². The Morgan fingerprint density at radius 2 is 1.58 bits per heavy atom. The Morgan fingerprint density at radius 1 is 0.923 bits per heavy atom. The van der Waals surface area contributed by atoms with Crippen molar-refractivity contribution in [2.45, 2.75) is 19.8 Å². The highest BCUT2D eigenvalue weighted by atomic mass is 16.2. The summed E-state index contributed by atoms with van der Waals surface area (Å²) >= 11 is 0. The van der Waals surface area contributed by atoms with Gasteiger partial charge in [-0.3, -0.25) is 14.4 Å². The summed E-state index contributed by atoms with van der Waals surface area (Å²) in [6, 6.07) is 14.1. The van der Waals surface area contributed by atoms with Crippen molar-refractivity contribution in [3.05, 3.63) is 54.1 Å². The van der Waals surface area contributed by atoms with Crippen LogP contribution in [0.3, 0.4) is 0 Å². The van der Waals surface area contributed by atoms with E-state index in [1.165, 1.54) is 6.92 Å². The molecule has 0 atom stereocenters.